The quantitative estimate of drug-likeness (QED) is 0.727. The van der Waals surface area contributed by atoms with E-state index in [1.54, 1.807) is 6.07 Å². The molecule has 0 saturated heterocycles. The Morgan fingerprint density at radius 1 is 1.00 bits per heavy atom. The van der Waals surface area contributed by atoms with Gasteiger partial charge in [0.2, 0.25) is 5.95 Å². The van der Waals surface area contributed by atoms with Crippen LogP contribution in [-0.4, -0.2) is 20.4 Å². The Balaban J connectivity index is 1.72. The number of hydrogen-bond donors (Lipinski definition) is 2. The van der Waals surface area contributed by atoms with Crippen LogP contribution in [0.5, 0.6) is 0 Å². The van der Waals surface area contributed by atoms with Crippen molar-refractivity contribution in [3.05, 3.63) is 71.8 Å². The van der Waals surface area contributed by atoms with E-state index >= 15 is 0 Å². The molecule has 3 aromatic rings. The second-order valence-electron chi connectivity index (χ2n) is 5.19. The van der Waals surface area contributed by atoms with Gasteiger partial charge in [-0.3, -0.25) is 15.6 Å². The average molecular weight is 307 g/mol. The molecule has 6 heteroatoms. The van der Waals surface area contributed by atoms with Crippen LogP contribution in [0.1, 0.15) is 21.7 Å². The molecule has 116 valence electrons. The van der Waals surface area contributed by atoms with E-state index in [1.165, 1.54) is 0 Å². The van der Waals surface area contributed by atoms with E-state index in [1.807, 2.05) is 67.2 Å². The molecule has 6 nitrogen and oxygen atoms in total. The molecule has 1 amide bonds. The molecule has 0 spiro atoms. The van der Waals surface area contributed by atoms with Crippen LogP contribution in [0.2, 0.25) is 0 Å². The number of rotatable bonds is 4. The van der Waals surface area contributed by atoms with Gasteiger partial charge in [-0.05, 0) is 50.2 Å². The van der Waals surface area contributed by atoms with E-state index in [9.17, 15) is 4.79 Å². The summed E-state index contributed by atoms with van der Waals surface area (Å²) in [7, 11) is 0. The van der Waals surface area contributed by atoms with Crippen LogP contribution < -0.4 is 10.9 Å². The standard InChI is InChI=1S/C17H17N5O/c1-12-10-13(2)19-17(18-12)21-20-16(23)14-6-5-7-15(11-14)22-8-3-4-9-22/h3-11H,1-2H3,(H,20,23)(H,18,19,21). The van der Waals surface area contributed by atoms with Crippen LogP contribution in [-0.2, 0) is 0 Å². The zero-order valence-corrected chi connectivity index (χ0v) is 12.9. The molecule has 0 unspecified atom stereocenters. The van der Waals surface area contributed by atoms with Crippen molar-refractivity contribution in [1.29, 1.82) is 0 Å². The Labute approximate surface area is 134 Å². The molecule has 0 aliphatic rings. The largest absolute Gasteiger partial charge is 0.324 e. The molecule has 23 heavy (non-hydrogen) atoms. The summed E-state index contributed by atoms with van der Waals surface area (Å²) in [5.41, 5.74) is 8.51. The average Bonchev–Trinajstić information content (AvgIpc) is 3.06. The first-order valence-electron chi connectivity index (χ1n) is 7.24. The molecule has 0 aliphatic heterocycles. The van der Waals surface area contributed by atoms with Gasteiger partial charge in [0.05, 0.1) is 0 Å². The summed E-state index contributed by atoms with van der Waals surface area (Å²) in [6.45, 7) is 3.75. The van der Waals surface area contributed by atoms with Crippen molar-refractivity contribution in [3.63, 3.8) is 0 Å². The fraction of sp³-hybridized carbons (Fsp3) is 0.118. The van der Waals surface area contributed by atoms with Gasteiger partial charge in [0.15, 0.2) is 0 Å². The Bertz CT molecular complexity index is 807. The molecule has 0 radical (unpaired) electrons. The second-order valence-corrected chi connectivity index (χ2v) is 5.19. The molecule has 1 aromatic carbocycles. The molecular weight excluding hydrogens is 290 g/mol. The fourth-order valence-electron chi connectivity index (χ4n) is 2.28. The summed E-state index contributed by atoms with van der Waals surface area (Å²) in [4.78, 5) is 20.7. The number of amides is 1. The third kappa shape index (κ3) is 3.55. The molecule has 0 fully saturated rings. The minimum atomic E-state index is -0.248. The van der Waals surface area contributed by atoms with Crippen molar-refractivity contribution < 1.29 is 4.79 Å². The summed E-state index contributed by atoms with van der Waals surface area (Å²) in [5.74, 6) is 0.124. The monoisotopic (exact) mass is 307 g/mol. The molecule has 0 atom stereocenters. The fourth-order valence-corrected chi connectivity index (χ4v) is 2.28. The number of hydrogen-bond acceptors (Lipinski definition) is 4. The lowest BCUT2D eigenvalue weighted by Gasteiger charge is -2.09. The van der Waals surface area contributed by atoms with E-state index in [-0.39, 0.29) is 5.91 Å². The zero-order valence-electron chi connectivity index (χ0n) is 12.9. The van der Waals surface area contributed by atoms with Crippen LogP contribution >= 0.6 is 0 Å². The number of aromatic nitrogens is 3. The molecule has 0 aliphatic carbocycles. The lowest BCUT2D eigenvalue weighted by Crippen LogP contribution is -2.30. The highest BCUT2D eigenvalue weighted by Crippen LogP contribution is 2.11. The third-order valence-corrected chi connectivity index (χ3v) is 3.28. The van der Waals surface area contributed by atoms with Crippen LogP contribution in [0.15, 0.2) is 54.9 Å². The Kier molecular flexibility index (Phi) is 4.05. The number of nitrogens with zero attached hydrogens (tertiary/aromatic N) is 3. The van der Waals surface area contributed by atoms with Gasteiger partial charge in [0.25, 0.3) is 5.91 Å². The van der Waals surface area contributed by atoms with Gasteiger partial charge in [-0.1, -0.05) is 6.07 Å². The predicted molar refractivity (Wildman–Crippen MR) is 88.4 cm³/mol. The number of anilines is 1. The van der Waals surface area contributed by atoms with Crippen molar-refractivity contribution in [2.45, 2.75) is 13.8 Å². The number of carbonyl (C=O) groups is 1. The van der Waals surface area contributed by atoms with E-state index < -0.39 is 0 Å². The lowest BCUT2D eigenvalue weighted by atomic mass is 10.2. The van der Waals surface area contributed by atoms with Crippen LogP contribution in [0.3, 0.4) is 0 Å². The minimum absolute atomic E-state index is 0.248. The number of aryl methyl sites for hydroxylation is 2. The van der Waals surface area contributed by atoms with E-state index in [2.05, 4.69) is 20.8 Å². The molecule has 2 heterocycles. The summed E-state index contributed by atoms with van der Waals surface area (Å²) in [5, 5.41) is 0. The normalized spacial score (nSPS) is 10.3. The second kappa shape index (κ2) is 6.31. The molecule has 2 aromatic heterocycles. The summed E-state index contributed by atoms with van der Waals surface area (Å²) in [6.07, 6.45) is 3.86. The van der Waals surface area contributed by atoms with Gasteiger partial charge in [-0.2, -0.15) is 0 Å². The Hall–Kier alpha value is -3.15. The number of carbonyl (C=O) groups excluding carboxylic acids is 1. The van der Waals surface area contributed by atoms with Crippen LogP contribution in [0.25, 0.3) is 5.69 Å². The first-order valence-corrected chi connectivity index (χ1v) is 7.24. The number of hydrazine groups is 1. The summed E-state index contributed by atoms with van der Waals surface area (Å²) in [6, 6.07) is 13.1. The van der Waals surface area contributed by atoms with Crippen molar-refractivity contribution in [1.82, 2.24) is 20.0 Å². The van der Waals surface area contributed by atoms with E-state index in [0.717, 1.165) is 17.1 Å². The van der Waals surface area contributed by atoms with Crippen molar-refractivity contribution >= 4 is 11.9 Å². The van der Waals surface area contributed by atoms with Gasteiger partial charge in [0, 0.05) is 35.0 Å². The lowest BCUT2D eigenvalue weighted by molar-refractivity contribution is 0.0962. The third-order valence-electron chi connectivity index (χ3n) is 3.28. The topological polar surface area (TPSA) is 71.8 Å². The molecule has 0 saturated carbocycles. The Morgan fingerprint density at radius 2 is 1.70 bits per heavy atom. The van der Waals surface area contributed by atoms with Gasteiger partial charge in [0.1, 0.15) is 0 Å². The maximum Gasteiger partial charge on any atom is 0.269 e. The van der Waals surface area contributed by atoms with Crippen LogP contribution in [0.4, 0.5) is 5.95 Å². The van der Waals surface area contributed by atoms with Crippen molar-refractivity contribution in [2.24, 2.45) is 0 Å². The highest BCUT2D eigenvalue weighted by molar-refractivity contribution is 5.95. The van der Waals surface area contributed by atoms with Crippen molar-refractivity contribution in [2.75, 3.05) is 5.43 Å². The Morgan fingerprint density at radius 3 is 2.39 bits per heavy atom. The van der Waals surface area contributed by atoms with Gasteiger partial charge in [-0.15, -0.1) is 0 Å². The van der Waals surface area contributed by atoms with Gasteiger partial charge >= 0.3 is 0 Å². The maximum absolute atomic E-state index is 12.3. The first kappa shape index (κ1) is 14.8. The SMILES string of the molecule is Cc1cc(C)nc(NNC(=O)c2cccc(-n3cccc3)c2)n1. The number of nitrogens with one attached hydrogen (secondary N) is 2. The predicted octanol–water partition coefficient (Wildman–Crippen LogP) is 2.64. The van der Waals surface area contributed by atoms with Crippen LogP contribution in [0, 0.1) is 13.8 Å². The molecule has 2 N–H and O–H groups in total. The molecule has 0 bridgehead atoms. The molecular formula is C17H17N5O. The zero-order chi connectivity index (χ0) is 16.2. The van der Waals surface area contributed by atoms with E-state index in [0.29, 0.717) is 11.5 Å². The highest BCUT2D eigenvalue weighted by atomic mass is 16.2. The summed E-state index contributed by atoms with van der Waals surface area (Å²) >= 11 is 0. The molecule has 3 rings (SSSR count). The van der Waals surface area contributed by atoms with Crippen molar-refractivity contribution in [3.8, 4) is 5.69 Å². The van der Waals surface area contributed by atoms with Gasteiger partial charge in [-0.25, -0.2) is 9.97 Å². The number of benzene rings is 1. The smallest absolute Gasteiger partial charge is 0.269 e. The van der Waals surface area contributed by atoms with Gasteiger partial charge < -0.3 is 4.57 Å². The summed E-state index contributed by atoms with van der Waals surface area (Å²) < 4.78 is 1.94. The minimum Gasteiger partial charge on any atom is -0.324 e. The van der Waals surface area contributed by atoms with E-state index in [4.69, 9.17) is 0 Å². The highest BCUT2D eigenvalue weighted by Gasteiger charge is 2.07. The first-order chi connectivity index (χ1) is 11.1. The maximum atomic E-state index is 12.3.